The molecule has 290 valence electrons. The van der Waals surface area contributed by atoms with Crippen LogP contribution in [0.2, 0.25) is 0 Å². The quantitative estimate of drug-likeness (QED) is 0.0677. The highest BCUT2D eigenvalue weighted by Crippen LogP contribution is 2.40. The van der Waals surface area contributed by atoms with Crippen LogP contribution >= 0.6 is 0 Å². The van der Waals surface area contributed by atoms with Gasteiger partial charge in [-0.1, -0.05) is 152 Å². The van der Waals surface area contributed by atoms with Gasteiger partial charge in [-0.2, -0.15) is 4.79 Å². The standard InChI is InChI=1S/C41H62N2O9/c1-3-5-7-9-11-13-15-17-19-21-29-49-33-27-23-25-31-35(33)39(46)42(37(31)44)51-41(48)52-43-38(45)32-26-24-28-34(36(32)40(43)47)50-30-22-20-18-16-14-12-10-8-6-4-2/h23,25,27,32,34,36H,3-22,24,26,28-30H2,1-2H3. The Hall–Kier alpha value is -3.47. The number of amides is 4. The van der Waals surface area contributed by atoms with E-state index in [2.05, 4.69) is 13.8 Å². The zero-order valence-electron chi connectivity index (χ0n) is 31.7. The SMILES string of the molecule is CCCCCCCCCCCCOc1cccc2c1C(=O)N(OC(=O)ON1C(=O)C3CCCC(OCCCCCCCCCCCC)C3C1=O)C2=O. The van der Waals surface area contributed by atoms with Gasteiger partial charge in [0, 0.05) is 6.61 Å². The van der Waals surface area contributed by atoms with Crippen LogP contribution in [0.3, 0.4) is 0 Å². The summed E-state index contributed by atoms with van der Waals surface area (Å²) >= 11 is 0. The van der Waals surface area contributed by atoms with Gasteiger partial charge in [-0.3, -0.25) is 28.9 Å². The fraction of sp³-hybridized carbons (Fsp3) is 0.732. The van der Waals surface area contributed by atoms with E-state index >= 15 is 0 Å². The lowest BCUT2D eigenvalue weighted by Crippen LogP contribution is -2.40. The van der Waals surface area contributed by atoms with E-state index in [9.17, 15) is 24.0 Å². The first-order valence-electron chi connectivity index (χ1n) is 20.4. The second kappa shape index (κ2) is 22.6. The first kappa shape index (κ1) is 41.3. The van der Waals surface area contributed by atoms with Crippen LogP contribution in [0.25, 0.3) is 0 Å². The van der Waals surface area contributed by atoms with E-state index in [0.29, 0.717) is 37.5 Å². The fourth-order valence-electron chi connectivity index (χ4n) is 7.63. The van der Waals surface area contributed by atoms with Gasteiger partial charge in [0.1, 0.15) is 5.75 Å². The molecule has 1 saturated carbocycles. The molecule has 1 aliphatic carbocycles. The Labute approximate surface area is 310 Å². The van der Waals surface area contributed by atoms with Gasteiger partial charge in [-0.15, -0.1) is 0 Å². The highest BCUT2D eigenvalue weighted by Gasteiger charge is 2.55. The molecule has 0 radical (unpaired) electrons. The number of hydroxylamine groups is 4. The van der Waals surface area contributed by atoms with Crippen LogP contribution in [0.4, 0.5) is 4.79 Å². The molecular formula is C41H62N2O9. The molecule has 2 heterocycles. The summed E-state index contributed by atoms with van der Waals surface area (Å²) in [6.45, 7) is 5.32. The van der Waals surface area contributed by atoms with Crippen molar-refractivity contribution in [3.63, 3.8) is 0 Å². The predicted molar refractivity (Wildman–Crippen MR) is 196 cm³/mol. The Bertz CT molecular complexity index is 1320. The van der Waals surface area contributed by atoms with E-state index in [0.717, 1.165) is 38.5 Å². The third-order valence-corrected chi connectivity index (χ3v) is 10.6. The largest absolute Gasteiger partial charge is 0.560 e. The molecule has 2 fully saturated rings. The van der Waals surface area contributed by atoms with Gasteiger partial charge in [0.05, 0.1) is 35.7 Å². The number of benzene rings is 1. The molecule has 3 unspecified atom stereocenters. The normalized spacial score (nSPS) is 19.7. The minimum atomic E-state index is -1.54. The number of fused-ring (bicyclic) bond motifs is 2. The molecule has 4 amide bonds. The maximum Gasteiger partial charge on any atom is 0.560 e. The Morgan fingerprint density at radius 3 is 1.77 bits per heavy atom. The summed E-state index contributed by atoms with van der Waals surface area (Å²) < 4.78 is 12.0. The van der Waals surface area contributed by atoms with Gasteiger partial charge in [0.15, 0.2) is 0 Å². The van der Waals surface area contributed by atoms with Crippen LogP contribution in [-0.4, -0.2) is 59.2 Å². The van der Waals surface area contributed by atoms with Crippen molar-refractivity contribution in [2.45, 2.75) is 168 Å². The van der Waals surface area contributed by atoms with Crippen molar-refractivity contribution < 1.29 is 43.1 Å². The molecule has 11 nitrogen and oxygen atoms in total. The molecule has 2 aliphatic heterocycles. The molecule has 0 N–H and O–H groups in total. The minimum absolute atomic E-state index is 0.00544. The van der Waals surface area contributed by atoms with Gasteiger partial charge >= 0.3 is 6.16 Å². The molecule has 3 atom stereocenters. The fourth-order valence-corrected chi connectivity index (χ4v) is 7.63. The summed E-state index contributed by atoms with van der Waals surface area (Å²) in [6.07, 6.45) is 23.7. The summed E-state index contributed by atoms with van der Waals surface area (Å²) in [6, 6.07) is 4.64. The number of carbonyl (C=O) groups excluding carboxylic acids is 5. The molecule has 0 bridgehead atoms. The second-order valence-electron chi connectivity index (χ2n) is 14.7. The van der Waals surface area contributed by atoms with Crippen molar-refractivity contribution in [1.29, 1.82) is 0 Å². The van der Waals surface area contributed by atoms with Crippen molar-refractivity contribution in [3.05, 3.63) is 29.3 Å². The van der Waals surface area contributed by atoms with E-state index in [-0.39, 0.29) is 21.9 Å². The van der Waals surface area contributed by atoms with E-state index in [1.54, 1.807) is 12.1 Å². The van der Waals surface area contributed by atoms with Crippen LogP contribution in [-0.2, 0) is 24.0 Å². The van der Waals surface area contributed by atoms with Crippen LogP contribution in [0.1, 0.15) is 182 Å². The maximum atomic E-state index is 13.4. The molecule has 52 heavy (non-hydrogen) atoms. The highest BCUT2D eigenvalue weighted by molar-refractivity contribution is 6.22. The lowest BCUT2D eigenvalue weighted by atomic mass is 9.79. The monoisotopic (exact) mass is 726 g/mol. The van der Waals surface area contributed by atoms with Crippen LogP contribution in [0.15, 0.2) is 18.2 Å². The summed E-state index contributed by atoms with van der Waals surface area (Å²) in [4.78, 5) is 75.8. The molecule has 0 spiro atoms. The number of hydrogen-bond acceptors (Lipinski definition) is 9. The number of hydrogen-bond donors (Lipinski definition) is 0. The number of rotatable bonds is 26. The van der Waals surface area contributed by atoms with E-state index < -0.39 is 47.7 Å². The first-order valence-corrected chi connectivity index (χ1v) is 20.4. The van der Waals surface area contributed by atoms with E-state index in [1.165, 1.54) is 96.0 Å². The average Bonchev–Trinajstić information content (AvgIpc) is 3.53. The van der Waals surface area contributed by atoms with E-state index in [1.807, 2.05) is 0 Å². The lowest BCUT2D eigenvalue weighted by Gasteiger charge is -2.30. The van der Waals surface area contributed by atoms with Gasteiger partial charge in [0.25, 0.3) is 23.6 Å². The van der Waals surface area contributed by atoms with Crippen LogP contribution in [0.5, 0.6) is 5.75 Å². The van der Waals surface area contributed by atoms with Gasteiger partial charge < -0.3 is 9.47 Å². The average molecular weight is 727 g/mol. The summed E-state index contributed by atoms with van der Waals surface area (Å²) in [5, 5.41) is 0.704. The Morgan fingerprint density at radius 1 is 0.635 bits per heavy atom. The number of carbonyl (C=O) groups is 5. The van der Waals surface area contributed by atoms with Crippen molar-refractivity contribution >= 4 is 29.8 Å². The molecule has 3 aliphatic rings. The predicted octanol–water partition coefficient (Wildman–Crippen LogP) is 9.66. The molecule has 4 rings (SSSR count). The molecule has 11 heteroatoms. The summed E-state index contributed by atoms with van der Waals surface area (Å²) in [7, 11) is 0. The zero-order valence-corrected chi connectivity index (χ0v) is 31.7. The zero-order chi connectivity index (χ0) is 37.1. The number of imide groups is 2. The third kappa shape index (κ3) is 11.8. The van der Waals surface area contributed by atoms with Crippen molar-refractivity contribution in [2.24, 2.45) is 11.8 Å². The topological polar surface area (TPSA) is 129 Å². The maximum absolute atomic E-state index is 13.4. The van der Waals surface area contributed by atoms with Crippen LogP contribution in [0, 0.1) is 11.8 Å². The van der Waals surface area contributed by atoms with Crippen molar-refractivity contribution in [3.8, 4) is 5.75 Å². The first-order chi connectivity index (χ1) is 25.4. The van der Waals surface area contributed by atoms with Crippen molar-refractivity contribution in [2.75, 3.05) is 13.2 Å². The molecule has 1 aromatic rings. The van der Waals surface area contributed by atoms with Crippen molar-refractivity contribution in [1.82, 2.24) is 10.1 Å². The van der Waals surface area contributed by atoms with Gasteiger partial charge in [-0.05, 0) is 37.8 Å². The third-order valence-electron chi connectivity index (χ3n) is 10.6. The van der Waals surface area contributed by atoms with E-state index in [4.69, 9.17) is 19.1 Å². The number of ether oxygens (including phenoxy) is 2. The lowest BCUT2D eigenvalue weighted by molar-refractivity contribution is -0.187. The molecule has 0 aromatic heterocycles. The van der Waals surface area contributed by atoms with Gasteiger partial charge in [-0.25, -0.2) is 0 Å². The summed E-state index contributed by atoms with van der Waals surface area (Å²) in [5.41, 5.74) is 0.0224. The Morgan fingerprint density at radius 2 is 1.17 bits per heavy atom. The summed E-state index contributed by atoms with van der Waals surface area (Å²) in [5.74, 6) is -4.27. The molecular weight excluding hydrogens is 664 g/mol. The molecule has 1 aromatic carbocycles. The minimum Gasteiger partial charge on any atom is -0.493 e. The van der Waals surface area contributed by atoms with Crippen LogP contribution < -0.4 is 4.74 Å². The molecule has 1 saturated heterocycles. The Kier molecular flexibility index (Phi) is 17.9. The smallest absolute Gasteiger partial charge is 0.493 e. The number of unbranched alkanes of at least 4 members (excludes halogenated alkanes) is 18. The number of nitrogens with zero attached hydrogens (tertiary/aromatic N) is 2. The Balaban J connectivity index is 1.19. The van der Waals surface area contributed by atoms with Gasteiger partial charge in [0.2, 0.25) is 0 Å². The second-order valence-corrected chi connectivity index (χ2v) is 14.7. The highest BCUT2D eigenvalue weighted by atomic mass is 16.9.